The molecule has 0 aromatic heterocycles. The van der Waals surface area contributed by atoms with Gasteiger partial charge in [-0.2, -0.15) is 35.8 Å². The highest BCUT2D eigenvalue weighted by atomic mass is 19.4. The highest BCUT2D eigenvalue weighted by molar-refractivity contribution is 6.02. The van der Waals surface area contributed by atoms with Crippen LogP contribution in [0.25, 0.3) is 21.5 Å². The number of benzene rings is 4. The lowest BCUT2D eigenvalue weighted by Crippen LogP contribution is -2.58. The van der Waals surface area contributed by atoms with Crippen molar-refractivity contribution in [3.05, 3.63) is 90.0 Å². The number of nitrogens with one attached hydrogen (secondary N) is 1. The number of hydrogen-bond donors (Lipinski definition) is 1. The Labute approximate surface area is 194 Å². The first-order chi connectivity index (χ1) is 16.5. The molecule has 0 amide bonds. The first-order valence-corrected chi connectivity index (χ1v) is 10.2. The molecule has 3 nitrogen and oxygen atoms in total. The van der Waals surface area contributed by atoms with Crippen LogP contribution in [0.4, 0.5) is 30.7 Å². The van der Waals surface area contributed by atoms with E-state index in [-0.39, 0.29) is 17.9 Å². The van der Waals surface area contributed by atoms with Gasteiger partial charge >= 0.3 is 18.1 Å². The molecule has 10 heteroatoms. The van der Waals surface area contributed by atoms with Crippen LogP contribution in [0.2, 0.25) is 0 Å². The normalized spacial score (nSPS) is 13.0. The second-order valence-electron chi connectivity index (χ2n) is 7.64. The molecule has 35 heavy (non-hydrogen) atoms. The summed E-state index contributed by atoms with van der Waals surface area (Å²) < 4.78 is 96.6. The van der Waals surface area contributed by atoms with E-state index in [0.717, 1.165) is 22.6 Å². The zero-order valence-corrected chi connectivity index (χ0v) is 17.8. The number of hydrogen-bond acceptors (Lipinski definition) is 3. The van der Waals surface area contributed by atoms with E-state index < -0.39 is 18.1 Å². The van der Waals surface area contributed by atoms with Gasteiger partial charge in [0.25, 0.3) is 0 Å². The zero-order chi connectivity index (χ0) is 25.3. The number of halogens is 7. The topological polar surface area (TPSA) is 33.6 Å². The molecule has 4 aromatic carbocycles. The van der Waals surface area contributed by atoms with Gasteiger partial charge in [-0.15, -0.1) is 0 Å². The van der Waals surface area contributed by atoms with Crippen LogP contribution in [0.1, 0.15) is 11.1 Å². The number of nitrogens with zero attached hydrogens (tertiary/aromatic N) is 1. The van der Waals surface area contributed by atoms with Crippen molar-refractivity contribution in [1.29, 1.82) is 0 Å². The van der Waals surface area contributed by atoms with E-state index in [1.54, 1.807) is 30.3 Å². The second kappa shape index (κ2) is 9.09. The fraction of sp³-hybridized carbons (Fsp3) is 0.160. The van der Waals surface area contributed by atoms with Crippen LogP contribution in [-0.2, 0) is 6.61 Å². The number of ether oxygens (including phenoxy) is 1. The van der Waals surface area contributed by atoms with Crippen molar-refractivity contribution in [3.63, 3.8) is 0 Å². The molecule has 0 saturated carbocycles. The van der Waals surface area contributed by atoms with Gasteiger partial charge < -0.3 is 4.74 Å². The van der Waals surface area contributed by atoms with Gasteiger partial charge in [-0.05, 0) is 33.2 Å². The van der Waals surface area contributed by atoms with Gasteiger partial charge in [0.15, 0.2) is 0 Å². The quantitative estimate of drug-likeness (QED) is 0.127. The summed E-state index contributed by atoms with van der Waals surface area (Å²) in [4.78, 5) is 0. The van der Waals surface area contributed by atoms with Crippen molar-refractivity contribution >= 4 is 27.8 Å². The van der Waals surface area contributed by atoms with Gasteiger partial charge in [-0.25, -0.2) is 5.43 Å². The minimum atomic E-state index is -6.47. The molecule has 0 heterocycles. The third-order valence-corrected chi connectivity index (χ3v) is 5.34. The first kappa shape index (κ1) is 24.3. The maximum atomic E-state index is 13.6. The van der Waals surface area contributed by atoms with Crippen molar-refractivity contribution in [3.8, 4) is 5.75 Å². The minimum absolute atomic E-state index is 0.0796. The van der Waals surface area contributed by atoms with Crippen molar-refractivity contribution in [1.82, 2.24) is 5.43 Å². The summed E-state index contributed by atoms with van der Waals surface area (Å²) in [6, 6.07) is 17.5. The number of alkyl halides is 7. The SMILES string of the molecule is FC(F)(F)C(F)(F)C(F)(F)N/N=C\c1c(OCc2cccc3ccccc23)ccc2ccccc12. The molecule has 0 unspecified atom stereocenters. The first-order valence-electron chi connectivity index (χ1n) is 10.2. The van der Waals surface area contributed by atoms with Crippen molar-refractivity contribution in [2.45, 2.75) is 24.8 Å². The molecule has 0 atom stereocenters. The lowest BCUT2D eigenvalue weighted by molar-refractivity contribution is -0.361. The predicted octanol–water partition coefficient (Wildman–Crippen LogP) is 7.29. The summed E-state index contributed by atoms with van der Waals surface area (Å²) in [6.45, 7) is 0.0796. The molecule has 0 aliphatic rings. The molecule has 4 aromatic rings. The molecule has 182 valence electrons. The summed E-state index contributed by atoms with van der Waals surface area (Å²) in [5.41, 5.74) is 1.61. The summed E-state index contributed by atoms with van der Waals surface area (Å²) in [5, 5.41) is 6.06. The Morgan fingerprint density at radius 3 is 2.00 bits per heavy atom. The fourth-order valence-electron chi connectivity index (χ4n) is 3.53. The van der Waals surface area contributed by atoms with Crippen LogP contribution >= 0.6 is 0 Å². The molecule has 1 N–H and O–H groups in total. The molecule has 0 radical (unpaired) electrons. The highest BCUT2D eigenvalue weighted by Gasteiger charge is 2.73. The molecule has 0 spiro atoms. The van der Waals surface area contributed by atoms with Crippen LogP contribution in [0.5, 0.6) is 5.75 Å². The van der Waals surface area contributed by atoms with Gasteiger partial charge in [-0.1, -0.05) is 72.8 Å². The van der Waals surface area contributed by atoms with Gasteiger partial charge in [-0.3, -0.25) is 0 Å². The van der Waals surface area contributed by atoms with E-state index in [0.29, 0.717) is 16.2 Å². The second-order valence-corrected chi connectivity index (χ2v) is 7.64. The predicted molar refractivity (Wildman–Crippen MR) is 119 cm³/mol. The van der Waals surface area contributed by atoms with Crippen molar-refractivity contribution in [2.75, 3.05) is 0 Å². The maximum Gasteiger partial charge on any atom is 0.462 e. The Morgan fingerprint density at radius 1 is 0.714 bits per heavy atom. The van der Waals surface area contributed by atoms with Crippen LogP contribution in [-0.4, -0.2) is 24.4 Å². The monoisotopic (exact) mass is 494 g/mol. The zero-order valence-electron chi connectivity index (χ0n) is 17.8. The Hall–Kier alpha value is -3.82. The van der Waals surface area contributed by atoms with E-state index in [1.807, 2.05) is 42.5 Å². The molecule has 0 aliphatic carbocycles. The third kappa shape index (κ3) is 4.73. The average Bonchev–Trinajstić information content (AvgIpc) is 2.82. The molecular weight excluding hydrogens is 477 g/mol. The minimum Gasteiger partial charge on any atom is -0.488 e. The van der Waals surface area contributed by atoms with Gasteiger partial charge in [0.1, 0.15) is 12.4 Å². The van der Waals surface area contributed by atoms with Crippen molar-refractivity contribution < 1.29 is 35.5 Å². The van der Waals surface area contributed by atoms with Crippen LogP contribution in [0.3, 0.4) is 0 Å². The Morgan fingerprint density at radius 2 is 1.31 bits per heavy atom. The fourth-order valence-corrected chi connectivity index (χ4v) is 3.53. The summed E-state index contributed by atoms with van der Waals surface area (Å²) >= 11 is 0. The van der Waals surface area contributed by atoms with E-state index in [4.69, 9.17) is 4.74 Å². The summed E-state index contributed by atoms with van der Waals surface area (Å²) in [6.07, 6.45) is -5.73. The van der Waals surface area contributed by atoms with Gasteiger partial charge in [0, 0.05) is 5.56 Å². The molecule has 0 bridgehead atoms. The van der Waals surface area contributed by atoms with Crippen molar-refractivity contribution in [2.24, 2.45) is 5.10 Å². The maximum absolute atomic E-state index is 13.6. The molecular formula is C25H17F7N2O. The Bertz CT molecular complexity index is 1380. The lowest BCUT2D eigenvalue weighted by Gasteiger charge is -2.27. The molecule has 4 rings (SSSR count). The largest absolute Gasteiger partial charge is 0.488 e. The van der Waals surface area contributed by atoms with E-state index >= 15 is 0 Å². The Kier molecular flexibility index (Phi) is 6.31. The summed E-state index contributed by atoms with van der Waals surface area (Å²) in [5.74, 6) is -6.16. The van der Waals surface area contributed by atoms with Gasteiger partial charge in [0.05, 0.1) is 6.21 Å². The molecule has 0 saturated heterocycles. The average molecular weight is 494 g/mol. The number of fused-ring (bicyclic) bond motifs is 2. The number of rotatable bonds is 7. The van der Waals surface area contributed by atoms with E-state index in [9.17, 15) is 30.7 Å². The standard InChI is InChI=1S/C25H17F7N2O/c26-23(27,24(28,29)30)25(31,32)34-33-14-21-20-11-4-2-7-17(20)12-13-22(21)35-15-18-9-5-8-16-6-1-3-10-19(16)18/h1-14,34H,15H2/b33-14-. The lowest BCUT2D eigenvalue weighted by atomic mass is 10.0. The van der Waals surface area contributed by atoms with Gasteiger partial charge in [0.2, 0.25) is 0 Å². The number of hydrazone groups is 1. The van der Waals surface area contributed by atoms with E-state index in [2.05, 4.69) is 5.10 Å². The molecule has 0 aliphatic heterocycles. The van der Waals surface area contributed by atoms with Crippen LogP contribution in [0, 0.1) is 0 Å². The smallest absolute Gasteiger partial charge is 0.462 e. The third-order valence-electron chi connectivity index (χ3n) is 5.34. The highest BCUT2D eigenvalue weighted by Crippen LogP contribution is 2.45. The van der Waals surface area contributed by atoms with E-state index in [1.165, 1.54) is 6.07 Å². The van der Waals surface area contributed by atoms with Crippen LogP contribution < -0.4 is 10.2 Å². The Balaban J connectivity index is 1.65. The van der Waals surface area contributed by atoms with Crippen LogP contribution in [0.15, 0.2) is 84.0 Å². The summed E-state index contributed by atoms with van der Waals surface area (Å²) in [7, 11) is 0. The molecule has 0 fully saturated rings.